The quantitative estimate of drug-likeness (QED) is 0.586. The molecule has 0 unspecified atom stereocenters. The van der Waals surface area contributed by atoms with Gasteiger partial charge in [0.1, 0.15) is 0 Å². The molecule has 11 heavy (non-hydrogen) atoms. The average Bonchev–Trinajstić information content (AvgIpc) is 2.04. The molecular weight excluding hydrogens is 138 g/mol. The predicted molar refractivity (Wildman–Crippen MR) is 47.5 cm³/mol. The summed E-state index contributed by atoms with van der Waals surface area (Å²) in [6.45, 7) is 5.32. The molecule has 0 aromatic heterocycles. The highest BCUT2D eigenvalue weighted by Gasteiger charge is 2.12. The molecule has 0 aliphatic carbocycles. The highest BCUT2D eigenvalue weighted by Crippen LogP contribution is 2.15. The minimum absolute atomic E-state index is 0.828. The van der Waals surface area contributed by atoms with Crippen molar-refractivity contribution in [3.8, 4) is 0 Å². The molecule has 0 radical (unpaired) electrons. The van der Waals surface area contributed by atoms with Crippen LogP contribution in [0.1, 0.15) is 6.42 Å². The molecule has 1 N–H and O–H groups in total. The highest BCUT2D eigenvalue weighted by atomic mass is 15.1. The molecule has 3 heteroatoms. The van der Waals surface area contributed by atoms with Gasteiger partial charge in [0, 0.05) is 19.3 Å². The number of nitrogens with one attached hydrogen (secondary N) is 1. The van der Waals surface area contributed by atoms with E-state index in [1.54, 1.807) is 0 Å². The minimum atomic E-state index is 0.828. The van der Waals surface area contributed by atoms with Gasteiger partial charge in [0.15, 0.2) is 0 Å². The fraction of sp³-hybridized carbons (Fsp3) is 0.500. The standard InChI is InChI=1S/C8H13N3/c1-10-8-6-11(2)4-3-7(8)5-9/h5,9H,1,3-4,6H2,2H3. The van der Waals surface area contributed by atoms with Gasteiger partial charge in [-0.2, -0.15) is 0 Å². The van der Waals surface area contributed by atoms with Gasteiger partial charge in [-0.3, -0.25) is 4.99 Å². The van der Waals surface area contributed by atoms with Crippen molar-refractivity contribution in [2.45, 2.75) is 6.42 Å². The van der Waals surface area contributed by atoms with Gasteiger partial charge in [-0.05, 0) is 25.8 Å². The SMILES string of the molecule is C=NC1=C(C=N)CCN(C)C1. The van der Waals surface area contributed by atoms with Crippen LogP contribution in [-0.4, -0.2) is 38.0 Å². The van der Waals surface area contributed by atoms with Gasteiger partial charge in [-0.25, -0.2) is 0 Å². The molecule has 0 atom stereocenters. The molecule has 0 amide bonds. The molecule has 0 aromatic carbocycles. The van der Waals surface area contributed by atoms with E-state index in [4.69, 9.17) is 5.41 Å². The summed E-state index contributed by atoms with van der Waals surface area (Å²) < 4.78 is 0. The van der Waals surface area contributed by atoms with Crippen LogP contribution in [0, 0.1) is 5.41 Å². The second kappa shape index (κ2) is 3.44. The van der Waals surface area contributed by atoms with Crippen molar-refractivity contribution >= 4 is 12.9 Å². The third kappa shape index (κ3) is 1.74. The maximum atomic E-state index is 7.11. The number of rotatable bonds is 2. The van der Waals surface area contributed by atoms with E-state index in [9.17, 15) is 0 Å². The van der Waals surface area contributed by atoms with E-state index >= 15 is 0 Å². The Balaban J connectivity index is 2.82. The van der Waals surface area contributed by atoms with Gasteiger partial charge in [-0.1, -0.05) is 0 Å². The Bertz CT molecular complexity index is 205. The van der Waals surface area contributed by atoms with Crippen molar-refractivity contribution in [2.24, 2.45) is 4.99 Å². The summed E-state index contributed by atoms with van der Waals surface area (Å²) in [4.78, 5) is 6.06. The zero-order valence-electron chi connectivity index (χ0n) is 6.80. The van der Waals surface area contributed by atoms with Gasteiger partial charge in [0.25, 0.3) is 0 Å². The lowest BCUT2D eigenvalue weighted by atomic mass is 10.1. The summed E-state index contributed by atoms with van der Waals surface area (Å²) in [5, 5.41) is 7.11. The second-order valence-electron chi connectivity index (χ2n) is 2.76. The first kappa shape index (κ1) is 8.14. The van der Waals surface area contributed by atoms with Crippen molar-refractivity contribution < 1.29 is 0 Å². The van der Waals surface area contributed by atoms with E-state index in [1.165, 1.54) is 6.21 Å². The molecule has 1 heterocycles. The van der Waals surface area contributed by atoms with Crippen molar-refractivity contribution in [1.82, 2.24) is 4.90 Å². The van der Waals surface area contributed by atoms with Crippen molar-refractivity contribution in [3.63, 3.8) is 0 Å². The first-order valence-electron chi connectivity index (χ1n) is 3.65. The minimum Gasteiger partial charge on any atom is -0.308 e. The van der Waals surface area contributed by atoms with E-state index in [0.717, 1.165) is 30.8 Å². The lowest BCUT2D eigenvalue weighted by molar-refractivity contribution is 0.350. The van der Waals surface area contributed by atoms with Gasteiger partial charge >= 0.3 is 0 Å². The van der Waals surface area contributed by atoms with E-state index in [2.05, 4.69) is 16.6 Å². The molecule has 0 fully saturated rings. The largest absolute Gasteiger partial charge is 0.308 e. The summed E-state index contributed by atoms with van der Waals surface area (Å²) >= 11 is 0. The van der Waals surface area contributed by atoms with Crippen LogP contribution in [0.25, 0.3) is 0 Å². The zero-order valence-corrected chi connectivity index (χ0v) is 6.80. The Hall–Kier alpha value is -0.960. The summed E-state index contributed by atoms with van der Waals surface area (Å²) in [5.74, 6) is 0. The maximum absolute atomic E-state index is 7.11. The molecular formula is C8H13N3. The first-order valence-corrected chi connectivity index (χ1v) is 3.65. The molecule has 0 saturated carbocycles. The first-order chi connectivity index (χ1) is 5.27. The summed E-state index contributed by atoms with van der Waals surface area (Å²) in [7, 11) is 2.05. The topological polar surface area (TPSA) is 39.5 Å². The fourth-order valence-corrected chi connectivity index (χ4v) is 1.20. The number of hydrogen-bond acceptors (Lipinski definition) is 3. The van der Waals surface area contributed by atoms with Crippen LogP contribution in [-0.2, 0) is 0 Å². The van der Waals surface area contributed by atoms with E-state index in [0.29, 0.717) is 0 Å². The molecule has 0 saturated heterocycles. The third-order valence-corrected chi connectivity index (χ3v) is 1.92. The Kier molecular flexibility index (Phi) is 2.54. The lowest BCUT2D eigenvalue weighted by Crippen LogP contribution is -2.27. The van der Waals surface area contributed by atoms with Crippen LogP contribution < -0.4 is 0 Å². The number of aliphatic imine (C=N–C) groups is 1. The molecule has 0 bridgehead atoms. The van der Waals surface area contributed by atoms with Crippen LogP contribution >= 0.6 is 0 Å². The van der Waals surface area contributed by atoms with Crippen LogP contribution in [0.3, 0.4) is 0 Å². The smallest absolute Gasteiger partial charge is 0.0584 e. The van der Waals surface area contributed by atoms with Crippen molar-refractivity contribution in [1.29, 1.82) is 5.41 Å². The van der Waals surface area contributed by atoms with Gasteiger partial charge < -0.3 is 10.3 Å². The van der Waals surface area contributed by atoms with E-state index < -0.39 is 0 Å². The van der Waals surface area contributed by atoms with Crippen LogP contribution in [0.4, 0.5) is 0 Å². The monoisotopic (exact) mass is 151 g/mol. The van der Waals surface area contributed by atoms with Gasteiger partial charge in [0.05, 0.1) is 5.70 Å². The normalized spacial score (nSPS) is 20.1. The molecule has 1 aliphatic heterocycles. The fourth-order valence-electron chi connectivity index (χ4n) is 1.20. The third-order valence-electron chi connectivity index (χ3n) is 1.92. The van der Waals surface area contributed by atoms with Gasteiger partial charge in [-0.15, -0.1) is 0 Å². The van der Waals surface area contributed by atoms with Crippen LogP contribution in [0.5, 0.6) is 0 Å². The average molecular weight is 151 g/mol. The Morgan fingerprint density at radius 1 is 1.73 bits per heavy atom. The summed E-state index contributed by atoms with van der Waals surface area (Å²) in [6, 6.07) is 0. The Labute approximate surface area is 66.9 Å². The molecule has 1 rings (SSSR count). The number of hydrogen-bond donors (Lipinski definition) is 1. The second-order valence-corrected chi connectivity index (χ2v) is 2.76. The Morgan fingerprint density at radius 3 is 3.00 bits per heavy atom. The molecule has 1 aliphatic rings. The molecule has 60 valence electrons. The number of nitrogens with zero attached hydrogens (tertiary/aromatic N) is 2. The zero-order chi connectivity index (χ0) is 8.27. The van der Waals surface area contributed by atoms with Crippen molar-refractivity contribution in [2.75, 3.05) is 20.1 Å². The summed E-state index contributed by atoms with van der Waals surface area (Å²) in [6.07, 6.45) is 2.31. The molecule has 0 aromatic rings. The van der Waals surface area contributed by atoms with E-state index in [-0.39, 0.29) is 0 Å². The van der Waals surface area contributed by atoms with Gasteiger partial charge in [0.2, 0.25) is 0 Å². The van der Waals surface area contributed by atoms with E-state index in [1.807, 2.05) is 7.05 Å². The molecule has 0 spiro atoms. The van der Waals surface area contributed by atoms with Crippen molar-refractivity contribution in [3.05, 3.63) is 11.3 Å². The molecule has 3 nitrogen and oxygen atoms in total. The summed E-state index contributed by atoms with van der Waals surface area (Å²) in [5.41, 5.74) is 1.98. The lowest BCUT2D eigenvalue weighted by Gasteiger charge is -2.23. The Morgan fingerprint density at radius 2 is 2.45 bits per heavy atom. The van der Waals surface area contributed by atoms with Crippen LogP contribution in [0.15, 0.2) is 16.3 Å². The van der Waals surface area contributed by atoms with Crippen LogP contribution in [0.2, 0.25) is 0 Å². The maximum Gasteiger partial charge on any atom is 0.0584 e. The highest BCUT2D eigenvalue weighted by molar-refractivity contribution is 5.77. The number of likely N-dealkylation sites (N-methyl/N-ethyl adjacent to an activating group) is 1. The predicted octanol–water partition coefficient (Wildman–Crippen LogP) is 0.926.